The van der Waals surface area contributed by atoms with E-state index in [2.05, 4.69) is 24.8 Å². The normalized spacial score (nSPS) is 19.9. The molecule has 0 N–H and O–H groups in total. The Morgan fingerprint density at radius 2 is 2.05 bits per heavy atom. The van der Waals surface area contributed by atoms with Crippen molar-refractivity contribution in [2.24, 2.45) is 5.92 Å². The molecule has 4 nitrogen and oxygen atoms in total. The van der Waals surface area contributed by atoms with Crippen LogP contribution in [0.2, 0.25) is 0 Å². The van der Waals surface area contributed by atoms with Crippen molar-refractivity contribution in [3.8, 4) is 6.07 Å². The minimum atomic E-state index is 0.144. The van der Waals surface area contributed by atoms with Crippen LogP contribution in [0.15, 0.2) is 0 Å². The Morgan fingerprint density at radius 3 is 2.63 bits per heavy atom. The van der Waals surface area contributed by atoms with E-state index in [-0.39, 0.29) is 5.92 Å². The molecule has 0 spiro atoms. The van der Waals surface area contributed by atoms with Gasteiger partial charge in [-0.2, -0.15) is 5.26 Å². The summed E-state index contributed by atoms with van der Waals surface area (Å²) in [4.78, 5) is 16.8. The van der Waals surface area contributed by atoms with Gasteiger partial charge in [-0.15, -0.1) is 0 Å². The van der Waals surface area contributed by atoms with Crippen LogP contribution in [0.3, 0.4) is 0 Å². The van der Waals surface area contributed by atoms with Crippen LogP contribution in [0.4, 0.5) is 0 Å². The Hall–Kier alpha value is -1.08. The van der Waals surface area contributed by atoms with Crippen molar-refractivity contribution in [3.63, 3.8) is 0 Å². The summed E-state index contributed by atoms with van der Waals surface area (Å²) in [5.41, 5.74) is 0. The third-order valence-corrected chi connectivity index (χ3v) is 3.69. The smallest absolute Gasteiger partial charge is 0.226 e. The molecule has 0 aromatic carbocycles. The van der Waals surface area contributed by atoms with Gasteiger partial charge in [-0.25, -0.2) is 0 Å². The standard InChI is InChI=1S/C15H27N3O/c1-3-9-18(10-4-2)15(19)14-7-5-11-17(13-14)12-6-8-16/h14H,3-7,9-13H2,1-2H3. The molecule has 1 fully saturated rings. The average molecular weight is 265 g/mol. The summed E-state index contributed by atoms with van der Waals surface area (Å²) in [6.07, 6.45) is 4.70. The van der Waals surface area contributed by atoms with E-state index in [1.807, 2.05) is 4.90 Å². The van der Waals surface area contributed by atoms with E-state index in [1.54, 1.807) is 0 Å². The van der Waals surface area contributed by atoms with Crippen molar-refractivity contribution in [2.45, 2.75) is 46.0 Å². The summed E-state index contributed by atoms with van der Waals surface area (Å²) in [5.74, 6) is 0.468. The second-order valence-corrected chi connectivity index (χ2v) is 5.37. The monoisotopic (exact) mass is 265 g/mol. The number of rotatable bonds is 7. The molecule has 0 radical (unpaired) electrons. The van der Waals surface area contributed by atoms with E-state index in [9.17, 15) is 4.79 Å². The van der Waals surface area contributed by atoms with E-state index in [0.29, 0.717) is 12.3 Å². The van der Waals surface area contributed by atoms with Crippen molar-refractivity contribution in [1.29, 1.82) is 5.26 Å². The van der Waals surface area contributed by atoms with Crippen LogP contribution in [-0.2, 0) is 4.79 Å². The van der Waals surface area contributed by atoms with Crippen LogP contribution in [0, 0.1) is 17.2 Å². The van der Waals surface area contributed by atoms with Crippen LogP contribution in [0.5, 0.6) is 0 Å². The van der Waals surface area contributed by atoms with Gasteiger partial charge in [-0.3, -0.25) is 4.79 Å². The molecule has 1 aliphatic heterocycles. The molecule has 1 unspecified atom stereocenters. The third-order valence-electron chi connectivity index (χ3n) is 3.69. The molecule has 108 valence electrons. The number of hydrogen-bond donors (Lipinski definition) is 0. The maximum Gasteiger partial charge on any atom is 0.226 e. The Balaban J connectivity index is 2.52. The highest BCUT2D eigenvalue weighted by atomic mass is 16.2. The average Bonchev–Trinajstić information content (AvgIpc) is 2.44. The molecule has 1 saturated heterocycles. The molecule has 1 atom stereocenters. The summed E-state index contributed by atoms with van der Waals surface area (Å²) in [6, 6.07) is 2.19. The first-order valence-electron chi connectivity index (χ1n) is 7.61. The fourth-order valence-electron chi connectivity index (χ4n) is 2.80. The fraction of sp³-hybridized carbons (Fsp3) is 0.867. The van der Waals surface area contributed by atoms with E-state index in [0.717, 1.165) is 58.4 Å². The minimum absolute atomic E-state index is 0.144. The zero-order valence-electron chi connectivity index (χ0n) is 12.4. The van der Waals surface area contributed by atoms with Gasteiger partial charge in [0.05, 0.1) is 12.0 Å². The van der Waals surface area contributed by atoms with Crippen molar-refractivity contribution in [3.05, 3.63) is 0 Å². The molecule has 0 aromatic heterocycles. The highest BCUT2D eigenvalue weighted by Crippen LogP contribution is 2.19. The Bertz CT molecular complexity index is 305. The van der Waals surface area contributed by atoms with Crippen LogP contribution >= 0.6 is 0 Å². The lowest BCUT2D eigenvalue weighted by Gasteiger charge is -2.34. The minimum Gasteiger partial charge on any atom is -0.342 e. The predicted octanol–water partition coefficient (Wildman–Crippen LogP) is 2.26. The number of nitrogens with zero attached hydrogens (tertiary/aromatic N) is 3. The summed E-state index contributed by atoms with van der Waals surface area (Å²) in [6.45, 7) is 8.67. The molecule has 0 aromatic rings. The second-order valence-electron chi connectivity index (χ2n) is 5.37. The lowest BCUT2D eigenvalue weighted by molar-refractivity contribution is -0.137. The second kappa shape index (κ2) is 8.92. The van der Waals surface area contributed by atoms with E-state index >= 15 is 0 Å². The van der Waals surface area contributed by atoms with Gasteiger partial charge in [-0.05, 0) is 32.2 Å². The van der Waals surface area contributed by atoms with Crippen LogP contribution < -0.4 is 0 Å². The van der Waals surface area contributed by atoms with E-state index < -0.39 is 0 Å². The molecule has 1 rings (SSSR count). The number of amides is 1. The van der Waals surface area contributed by atoms with Gasteiger partial charge in [-0.1, -0.05) is 13.8 Å². The maximum absolute atomic E-state index is 12.5. The summed E-state index contributed by atoms with van der Waals surface area (Å²) in [5, 5.41) is 8.65. The summed E-state index contributed by atoms with van der Waals surface area (Å²) < 4.78 is 0. The molecule has 1 aliphatic rings. The Kier molecular flexibility index (Phi) is 7.50. The van der Waals surface area contributed by atoms with Gasteiger partial charge >= 0.3 is 0 Å². The molecule has 19 heavy (non-hydrogen) atoms. The molecular weight excluding hydrogens is 238 g/mol. The molecule has 1 amide bonds. The van der Waals surface area contributed by atoms with Gasteiger partial charge in [0.15, 0.2) is 0 Å². The lowest BCUT2D eigenvalue weighted by atomic mass is 9.96. The molecule has 1 heterocycles. The van der Waals surface area contributed by atoms with Gasteiger partial charge in [0.2, 0.25) is 5.91 Å². The number of carbonyl (C=O) groups excluding carboxylic acids is 1. The SMILES string of the molecule is CCCN(CCC)C(=O)C1CCCN(CCC#N)C1. The van der Waals surface area contributed by atoms with E-state index in [1.165, 1.54) is 0 Å². The molecule has 0 aliphatic carbocycles. The van der Waals surface area contributed by atoms with E-state index in [4.69, 9.17) is 5.26 Å². The number of piperidine rings is 1. The fourth-order valence-corrected chi connectivity index (χ4v) is 2.80. The van der Waals surface area contributed by atoms with Crippen molar-refractivity contribution in [1.82, 2.24) is 9.80 Å². The highest BCUT2D eigenvalue weighted by Gasteiger charge is 2.28. The highest BCUT2D eigenvalue weighted by molar-refractivity contribution is 5.79. The first-order valence-corrected chi connectivity index (χ1v) is 7.61. The molecule has 4 heteroatoms. The first-order chi connectivity index (χ1) is 9.22. The van der Waals surface area contributed by atoms with Crippen LogP contribution in [-0.4, -0.2) is 48.4 Å². The zero-order valence-corrected chi connectivity index (χ0v) is 12.4. The number of nitriles is 1. The van der Waals surface area contributed by atoms with Crippen LogP contribution in [0.1, 0.15) is 46.0 Å². The van der Waals surface area contributed by atoms with Gasteiger partial charge < -0.3 is 9.80 Å². The quantitative estimate of drug-likeness (QED) is 0.709. The van der Waals surface area contributed by atoms with Crippen LogP contribution in [0.25, 0.3) is 0 Å². The summed E-state index contributed by atoms with van der Waals surface area (Å²) in [7, 11) is 0. The maximum atomic E-state index is 12.5. The first kappa shape index (κ1) is 16.0. The topological polar surface area (TPSA) is 47.3 Å². The zero-order chi connectivity index (χ0) is 14.1. The number of carbonyl (C=O) groups is 1. The van der Waals surface area contributed by atoms with Gasteiger partial charge in [0, 0.05) is 32.6 Å². The molecular formula is C15H27N3O. The van der Waals surface area contributed by atoms with Gasteiger partial charge in [0.25, 0.3) is 0 Å². The molecule has 0 saturated carbocycles. The Labute approximate surface area is 117 Å². The van der Waals surface area contributed by atoms with Crippen molar-refractivity contribution >= 4 is 5.91 Å². The largest absolute Gasteiger partial charge is 0.342 e. The third kappa shape index (κ3) is 5.20. The number of likely N-dealkylation sites (tertiary alicyclic amines) is 1. The molecule has 0 bridgehead atoms. The number of hydrogen-bond acceptors (Lipinski definition) is 3. The Morgan fingerprint density at radius 1 is 1.37 bits per heavy atom. The van der Waals surface area contributed by atoms with Gasteiger partial charge in [0.1, 0.15) is 0 Å². The predicted molar refractivity (Wildman–Crippen MR) is 76.6 cm³/mol. The van der Waals surface area contributed by atoms with Crippen molar-refractivity contribution in [2.75, 3.05) is 32.7 Å². The summed E-state index contributed by atoms with van der Waals surface area (Å²) >= 11 is 0. The lowest BCUT2D eigenvalue weighted by Crippen LogP contribution is -2.45. The van der Waals surface area contributed by atoms with Crippen molar-refractivity contribution < 1.29 is 4.79 Å².